The van der Waals surface area contributed by atoms with Crippen molar-refractivity contribution in [2.45, 2.75) is 71.1 Å². The monoisotopic (exact) mass is 316 g/mol. The fourth-order valence-electron chi connectivity index (χ4n) is 2.65. The maximum atomic E-state index is 12.3. The molecule has 2 unspecified atom stereocenters. The Morgan fingerprint density at radius 1 is 1.38 bits per heavy atom. The smallest absolute Gasteiger partial charge is 0.410 e. The zero-order valence-corrected chi connectivity index (χ0v) is 15.1. The maximum absolute atomic E-state index is 12.3. The van der Waals surface area contributed by atoms with Gasteiger partial charge in [-0.05, 0) is 71.9 Å². The first-order valence-electron chi connectivity index (χ1n) is 8.07. The van der Waals surface area contributed by atoms with Crippen molar-refractivity contribution in [3.05, 3.63) is 0 Å². The molecular formula is C16H32N2O2S. The molecule has 0 bridgehead atoms. The third kappa shape index (κ3) is 6.92. The number of rotatable bonds is 6. The third-order valence-electron chi connectivity index (χ3n) is 3.80. The molecule has 0 spiro atoms. The van der Waals surface area contributed by atoms with Crippen molar-refractivity contribution < 1.29 is 9.53 Å². The molecule has 124 valence electrons. The van der Waals surface area contributed by atoms with E-state index in [0.29, 0.717) is 6.04 Å². The van der Waals surface area contributed by atoms with Crippen LogP contribution in [0.1, 0.15) is 53.4 Å². The average Bonchev–Trinajstić information content (AvgIpc) is 2.38. The molecule has 1 saturated heterocycles. The number of carbonyl (C=O) groups excluding carboxylic acids is 1. The summed E-state index contributed by atoms with van der Waals surface area (Å²) in [5.41, 5.74) is -0.422. The Hall–Kier alpha value is -0.420. The van der Waals surface area contributed by atoms with Gasteiger partial charge in [-0.2, -0.15) is 11.8 Å². The fraction of sp³-hybridized carbons (Fsp3) is 0.938. The van der Waals surface area contributed by atoms with Crippen molar-refractivity contribution in [1.29, 1.82) is 0 Å². The number of likely N-dealkylation sites (tertiary alicyclic amines) is 1. The first-order chi connectivity index (χ1) is 9.85. The standard InChI is InChI=1S/C16H32N2O2S/c1-13-14(17-10-6-7-12-21-5)9-8-11-18(13)15(19)20-16(2,3)4/h13-14,17H,6-12H2,1-5H3. The van der Waals surface area contributed by atoms with Gasteiger partial charge in [0.2, 0.25) is 0 Å². The summed E-state index contributed by atoms with van der Waals surface area (Å²) in [6.07, 6.45) is 6.62. The Balaban J connectivity index is 2.41. The molecule has 1 amide bonds. The summed E-state index contributed by atoms with van der Waals surface area (Å²) in [7, 11) is 0. The van der Waals surface area contributed by atoms with E-state index in [-0.39, 0.29) is 12.1 Å². The number of nitrogens with one attached hydrogen (secondary N) is 1. The Bertz CT molecular complexity index is 318. The molecule has 1 aliphatic rings. The predicted octanol–water partition coefficient (Wildman–Crippen LogP) is 3.51. The van der Waals surface area contributed by atoms with Crippen molar-refractivity contribution in [2.75, 3.05) is 25.1 Å². The summed E-state index contributed by atoms with van der Waals surface area (Å²) in [5, 5.41) is 3.62. The van der Waals surface area contributed by atoms with Crippen molar-refractivity contribution in [3.63, 3.8) is 0 Å². The summed E-state index contributed by atoms with van der Waals surface area (Å²) in [6.45, 7) is 9.73. The molecular weight excluding hydrogens is 284 g/mol. The first kappa shape index (κ1) is 18.6. The van der Waals surface area contributed by atoms with E-state index in [1.807, 2.05) is 37.4 Å². The Morgan fingerprint density at radius 3 is 2.71 bits per heavy atom. The Kier molecular flexibility index (Phi) is 7.88. The highest BCUT2D eigenvalue weighted by atomic mass is 32.2. The van der Waals surface area contributed by atoms with Gasteiger partial charge in [0.1, 0.15) is 5.60 Å². The fourth-order valence-corrected chi connectivity index (χ4v) is 3.15. The number of thioether (sulfide) groups is 1. The minimum atomic E-state index is -0.422. The quantitative estimate of drug-likeness (QED) is 0.762. The van der Waals surface area contributed by atoms with Crippen molar-refractivity contribution in [1.82, 2.24) is 10.2 Å². The van der Waals surface area contributed by atoms with Crippen LogP contribution in [0.2, 0.25) is 0 Å². The molecule has 1 aliphatic heterocycles. The molecule has 0 radical (unpaired) electrons. The van der Waals surface area contributed by atoms with Gasteiger partial charge in [0.15, 0.2) is 0 Å². The number of unbranched alkanes of at least 4 members (excludes halogenated alkanes) is 1. The number of hydrogen-bond acceptors (Lipinski definition) is 4. The lowest BCUT2D eigenvalue weighted by atomic mass is 9.97. The molecule has 0 aromatic rings. The summed E-state index contributed by atoms with van der Waals surface area (Å²) >= 11 is 1.90. The highest BCUT2D eigenvalue weighted by Gasteiger charge is 2.33. The van der Waals surface area contributed by atoms with E-state index in [2.05, 4.69) is 18.5 Å². The molecule has 21 heavy (non-hydrogen) atoms. The highest BCUT2D eigenvalue weighted by molar-refractivity contribution is 7.98. The van der Waals surface area contributed by atoms with Crippen molar-refractivity contribution in [2.24, 2.45) is 0 Å². The van der Waals surface area contributed by atoms with Crippen LogP contribution in [0, 0.1) is 0 Å². The largest absolute Gasteiger partial charge is 0.444 e. The molecule has 2 atom stereocenters. The van der Waals surface area contributed by atoms with Gasteiger partial charge in [-0.25, -0.2) is 4.79 Å². The molecule has 1 fully saturated rings. The highest BCUT2D eigenvalue weighted by Crippen LogP contribution is 2.20. The van der Waals surface area contributed by atoms with Crippen LogP contribution in [0.4, 0.5) is 4.79 Å². The van der Waals surface area contributed by atoms with Crippen LogP contribution in [-0.4, -0.2) is 53.8 Å². The van der Waals surface area contributed by atoms with E-state index in [9.17, 15) is 4.79 Å². The van der Waals surface area contributed by atoms with Crippen LogP contribution in [0.5, 0.6) is 0 Å². The van der Waals surface area contributed by atoms with E-state index in [1.54, 1.807) is 0 Å². The molecule has 1 N–H and O–H groups in total. The molecule has 5 heteroatoms. The normalized spacial score (nSPS) is 23.2. The van der Waals surface area contributed by atoms with E-state index in [1.165, 1.54) is 18.6 Å². The minimum absolute atomic E-state index is 0.177. The number of ether oxygens (including phenoxy) is 1. The molecule has 0 aliphatic carbocycles. The number of hydrogen-bond donors (Lipinski definition) is 1. The zero-order valence-electron chi connectivity index (χ0n) is 14.3. The van der Waals surface area contributed by atoms with Gasteiger partial charge in [0.05, 0.1) is 0 Å². The second-order valence-electron chi connectivity index (χ2n) is 6.82. The van der Waals surface area contributed by atoms with Gasteiger partial charge in [0, 0.05) is 18.6 Å². The molecule has 1 rings (SSSR count). The molecule has 0 saturated carbocycles. The Labute approximate surface area is 134 Å². The number of nitrogens with zero attached hydrogens (tertiary/aromatic N) is 1. The summed E-state index contributed by atoms with van der Waals surface area (Å²) in [5.74, 6) is 1.23. The summed E-state index contributed by atoms with van der Waals surface area (Å²) in [6, 6.07) is 0.592. The second-order valence-corrected chi connectivity index (χ2v) is 7.80. The van der Waals surface area contributed by atoms with Crippen LogP contribution < -0.4 is 5.32 Å². The SMILES string of the molecule is CSCCCCNC1CCCN(C(=O)OC(C)(C)C)C1C. The van der Waals surface area contributed by atoms with Crippen LogP contribution in [-0.2, 0) is 4.74 Å². The molecule has 0 aromatic heterocycles. The topological polar surface area (TPSA) is 41.6 Å². The van der Waals surface area contributed by atoms with Gasteiger partial charge in [-0.3, -0.25) is 0 Å². The maximum Gasteiger partial charge on any atom is 0.410 e. The lowest BCUT2D eigenvalue weighted by molar-refractivity contribution is 0.00710. The summed E-state index contributed by atoms with van der Waals surface area (Å²) < 4.78 is 5.51. The van der Waals surface area contributed by atoms with Crippen LogP contribution >= 0.6 is 11.8 Å². The van der Waals surface area contributed by atoms with E-state index >= 15 is 0 Å². The summed E-state index contributed by atoms with van der Waals surface area (Å²) in [4.78, 5) is 14.1. The van der Waals surface area contributed by atoms with Crippen LogP contribution in [0.3, 0.4) is 0 Å². The number of amides is 1. The molecule has 1 heterocycles. The van der Waals surface area contributed by atoms with E-state index in [0.717, 1.165) is 25.9 Å². The van der Waals surface area contributed by atoms with Gasteiger partial charge >= 0.3 is 6.09 Å². The second kappa shape index (κ2) is 8.89. The van der Waals surface area contributed by atoms with Gasteiger partial charge < -0.3 is 15.0 Å². The Morgan fingerprint density at radius 2 is 2.10 bits per heavy atom. The number of piperidine rings is 1. The van der Waals surface area contributed by atoms with Gasteiger partial charge in [0.25, 0.3) is 0 Å². The number of carbonyl (C=O) groups is 1. The first-order valence-corrected chi connectivity index (χ1v) is 9.46. The van der Waals surface area contributed by atoms with Crippen molar-refractivity contribution >= 4 is 17.9 Å². The molecule has 4 nitrogen and oxygen atoms in total. The van der Waals surface area contributed by atoms with Gasteiger partial charge in [-0.1, -0.05) is 0 Å². The molecule has 0 aromatic carbocycles. The van der Waals surface area contributed by atoms with Crippen molar-refractivity contribution in [3.8, 4) is 0 Å². The van der Waals surface area contributed by atoms with Crippen LogP contribution in [0.25, 0.3) is 0 Å². The lowest BCUT2D eigenvalue weighted by Gasteiger charge is -2.40. The third-order valence-corrected chi connectivity index (χ3v) is 4.49. The van der Waals surface area contributed by atoms with E-state index < -0.39 is 5.60 Å². The minimum Gasteiger partial charge on any atom is -0.444 e. The zero-order chi connectivity index (χ0) is 15.9. The van der Waals surface area contributed by atoms with Crippen LogP contribution in [0.15, 0.2) is 0 Å². The van der Waals surface area contributed by atoms with E-state index in [4.69, 9.17) is 4.74 Å². The average molecular weight is 317 g/mol. The predicted molar refractivity (Wildman–Crippen MR) is 91.0 cm³/mol. The van der Waals surface area contributed by atoms with Gasteiger partial charge in [-0.15, -0.1) is 0 Å². The lowest BCUT2D eigenvalue weighted by Crippen LogP contribution is -2.55.